The smallest absolute Gasteiger partial charge is 0.309 e. The van der Waals surface area contributed by atoms with Gasteiger partial charge in [0.05, 0.1) is 17.1 Å². The first kappa shape index (κ1) is 20.9. The Kier molecular flexibility index (Phi) is 6.60. The molecule has 2 N–H and O–H groups in total. The van der Waals surface area contributed by atoms with Crippen LogP contribution in [0.15, 0.2) is 53.6 Å². The average Bonchev–Trinajstić information content (AvgIpc) is 3.21. The van der Waals surface area contributed by atoms with E-state index in [1.54, 1.807) is 48.7 Å². The summed E-state index contributed by atoms with van der Waals surface area (Å²) >= 11 is 0. The van der Waals surface area contributed by atoms with Gasteiger partial charge in [-0.1, -0.05) is 23.8 Å². The zero-order valence-electron chi connectivity index (χ0n) is 16.2. The molecule has 0 aliphatic carbocycles. The monoisotopic (exact) mass is 416 g/mol. The molecule has 0 radical (unpaired) electrons. The third-order valence-corrected chi connectivity index (χ3v) is 6.78. The van der Waals surface area contributed by atoms with Crippen LogP contribution in [-0.2, 0) is 26.2 Å². The molecule has 2 heterocycles. The number of nitrogens with zero attached hydrogens (tertiary/aromatic N) is 2. The fourth-order valence-corrected chi connectivity index (χ4v) is 4.91. The first-order valence-electron chi connectivity index (χ1n) is 9.42. The minimum atomic E-state index is -3.65. The van der Waals surface area contributed by atoms with Crippen LogP contribution in [0.1, 0.15) is 24.1 Å². The number of amides is 2. The van der Waals surface area contributed by atoms with E-state index in [1.807, 2.05) is 6.92 Å². The van der Waals surface area contributed by atoms with Gasteiger partial charge in [0.2, 0.25) is 10.0 Å². The molecule has 3 rings (SSSR count). The van der Waals surface area contributed by atoms with Gasteiger partial charge in [-0.25, -0.2) is 8.42 Å². The summed E-state index contributed by atoms with van der Waals surface area (Å²) in [6, 6.07) is 11.6. The van der Waals surface area contributed by atoms with Gasteiger partial charge in [0, 0.05) is 25.3 Å². The normalized spacial score (nSPS) is 17.1. The number of rotatable bonds is 6. The molecule has 1 aromatic heterocycles. The predicted molar refractivity (Wildman–Crippen MR) is 107 cm³/mol. The largest absolute Gasteiger partial charge is 0.346 e. The van der Waals surface area contributed by atoms with Crippen LogP contribution in [0.25, 0.3) is 0 Å². The highest BCUT2D eigenvalue weighted by molar-refractivity contribution is 7.89. The van der Waals surface area contributed by atoms with Gasteiger partial charge in [-0.2, -0.15) is 4.31 Å². The van der Waals surface area contributed by atoms with E-state index in [4.69, 9.17) is 0 Å². The number of hydrogen-bond acceptors (Lipinski definition) is 5. The van der Waals surface area contributed by atoms with Crippen LogP contribution < -0.4 is 10.6 Å². The van der Waals surface area contributed by atoms with E-state index in [0.29, 0.717) is 25.1 Å². The molecule has 1 saturated heterocycles. The molecule has 1 atom stereocenters. The average molecular weight is 417 g/mol. The Morgan fingerprint density at radius 2 is 1.83 bits per heavy atom. The van der Waals surface area contributed by atoms with Crippen molar-refractivity contribution in [2.45, 2.75) is 37.2 Å². The Balaban J connectivity index is 1.55. The highest BCUT2D eigenvalue weighted by Crippen LogP contribution is 2.25. The quantitative estimate of drug-likeness (QED) is 0.683. The minimum Gasteiger partial charge on any atom is -0.346 e. The van der Waals surface area contributed by atoms with Crippen molar-refractivity contribution in [3.05, 3.63) is 59.9 Å². The third-order valence-electron chi connectivity index (χ3n) is 4.81. The van der Waals surface area contributed by atoms with Crippen molar-refractivity contribution >= 4 is 21.8 Å². The van der Waals surface area contributed by atoms with E-state index in [0.717, 1.165) is 5.56 Å². The van der Waals surface area contributed by atoms with E-state index in [-0.39, 0.29) is 24.0 Å². The Morgan fingerprint density at radius 1 is 1.10 bits per heavy atom. The summed E-state index contributed by atoms with van der Waals surface area (Å²) in [5.41, 5.74) is 1.62. The molecule has 2 amide bonds. The summed E-state index contributed by atoms with van der Waals surface area (Å²) in [5, 5.41) is 5.05. The number of pyridine rings is 1. The van der Waals surface area contributed by atoms with Gasteiger partial charge in [-0.15, -0.1) is 0 Å². The summed E-state index contributed by atoms with van der Waals surface area (Å²) in [6.45, 7) is 2.51. The van der Waals surface area contributed by atoms with Crippen molar-refractivity contribution in [1.82, 2.24) is 19.9 Å². The molecule has 0 bridgehead atoms. The zero-order chi connectivity index (χ0) is 20.9. The topological polar surface area (TPSA) is 108 Å². The van der Waals surface area contributed by atoms with Gasteiger partial charge < -0.3 is 10.6 Å². The SMILES string of the molecule is Cc1ccc(S(=O)(=O)N2CCC[C@H]2CNC(=O)C(=O)NCc2ccccn2)cc1. The Morgan fingerprint density at radius 3 is 2.52 bits per heavy atom. The lowest BCUT2D eigenvalue weighted by Crippen LogP contribution is -2.46. The molecule has 0 unspecified atom stereocenters. The van der Waals surface area contributed by atoms with Crippen molar-refractivity contribution in [3.63, 3.8) is 0 Å². The Bertz CT molecular complexity index is 962. The van der Waals surface area contributed by atoms with Crippen LogP contribution in [0.5, 0.6) is 0 Å². The molecule has 0 spiro atoms. The van der Waals surface area contributed by atoms with Crippen molar-refractivity contribution in [3.8, 4) is 0 Å². The van der Waals surface area contributed by atoms with Crippen molar-refractivity contribution < 1.29 is 18.0 Å². The number of aryl methyl sites for hydroxylation is 1. The maximum atomic E-state index is 12.9. The Labute approximate surface area is 170 Å². The molecule has 1 aromatic carbocycles. The summed E-state index contributed by atoms with van der Waals surface area (Å²) < 4.78 is 27.2. The molecular formula is C20H24N4O4S. The molecule has 1 fully saturated rings. The van der Waals surface area contributed by atoms with Gasteiger partial charge in [-0.3, -0.25) is 14.6 Å². The molecule has 0 saturated carbocycles. The van der Waals surface area contributed by atoms with Gasteiger partial charge in [0.1, 0.15) is 0 Å². The maximum Gasteiger partial charge on any atom is 0.309 e. The van der Waals surface area contributed by atoms with Gasteiger partial charge in [0.25, 0.3) is 0 Å². The van der Waals surface area contributed by atoms with Gasteiger partial charge in [0.15, 0.2) is 0 Å². The number of sulfonamides is 1. The molecule has 8 nitrogen and oxygen atoms in total. The fourth-order valence-electron chi connectivity index (χ4n) is 3.22. The second kappa shape index (κ2) is 9.15. The standard InChI is InChI=1S/C20H24N4O4S/c1-15-7-9-18(10-8-15)29(27,28)24-12-4-6-17(24)14-23-20(26)19(25)22-13-16-5-2-3-11-21-16/h2-3,5,7-11,17H,4,6,12-14H2,1H3,(H,22,25)(H,23,26)/t17-/m0/s1. The number of aromatic nitrogens is 1. The third kappa shape index (κ3) is 5.18. The number of carbonyl (C=O) groups is 2. The molecular weight excluding hydrogens is 392 g/mol. The highest BCUT2D eigenvalue weighted by Gasteiger charge is 2.35. The van der Waals surface area contributed by atoms with Crippen LogP contribution in [0.2, 0.25) is 0 Å². The van der Waals surface area contributed by atoms with Crippen molar-refractivity contribution in [2.75, 3.05) is 13.1 Å². The van der Waals surface area contributed by atoms with Crippen molar-refractivity contribution in [2.24, 2.45) is 0 Å². The summed E-state index contributed by atoms with van der Waals surface area (Å²) in [5.74, 6) is -1.57. The molecule has 29 heavy (non-hydrogen) atoms. The van der Waals surface area contributed by atoms with E-state index in [2.05, 4.69) is 15.6 Å². The molecule has 1 aliphatic heterocycles. The summed E-state index contributed by atoms with van der Waals surface area (Å²) in [6.07, 6.45) is 2.93. The van der Waals surface area contributed by atoms with Crippen LogP contribution >= 0.6 is 0 Å². The lowest BCUT2D eigenvalue weighted by molar-refractivity contribution is -0.139. The lowest BCUT2D eigenvalue weighted by Gasteiger charge is -2.24. The summed E-state index contributed by atoms with van der Waals surface area (Å²) in [7, 11) is -3.65. The van der Waals surface area contributed by atoms with Crippen LogP contribution in [-0.4, -0.2) is 48.7 Å². The lowest BCUT2D eigenvalue weighted by atomic mass is 10.2. The highest BCUT2D eigenvalue weighted by atomic mass is 32.2. The van der Waals surface area contributed by atoms with E-state index in [9.17, 15) is 18.0 Å². The van der Waals surface area contributed by atoms with Crippen LogP contribution in [0.3, 0.4) is 0 Å². The summed E-state index contributed by atoms with van der Waals surface area (Å²) in [4.78, 5) is 28.3. The van der Waals surface area contributed by atoms with Gasteiger partial charge >= 0.3 is 11.8 Å². The van der Waals surface area contributed by atoms with Crippen LogP contribution in [0, 0.1) is 6.92 Å². The number of nitrogens with one attached hydrogen (secondary N) is 2. The number of hydrogen-bond donors (Lipinski definition) is 2. The van der Waals surface area contributed by atoms with E-state index in [1.165, 1.54) is 4.31 Å². The number of carbonyl (C=O) groups excluding carboxylic acids is 2. The first-order valence-corrected chi connectivity index (χ1v) is 10.9. The van der Waals surface area contributed by atoms with Crippen LogP contribution in [0.4, 0.5) is 0 Å². The molecule has 154 valence electrons. The van der Waals surface area contributed by atoms with Crippen molar-refractivity contribution in [1.29, 1.82) is 0 Å². The second-order valence-electron chi connectivity index (χ2n) is 6.94. The van der Waals surface area contributed by atoms with E-state index >= 15 is 0 Å². The molecule has 1 aliphatic rings. The fraction of sp³-hybridized carbons (Fsp3) is 0.350. The van der Waals surface area contributed by atoms with E-state index < -0.39 is 21.8 Å². The molecule has 2 aromatic rings. The first-order chi connectivity index (χ1) is 13.9. The zero-order valence-corrected chi connectivity index (χ0v) is 17.0. The van der Waals surface area contributed by atoms with Gasteiger partial charge in [-0.05, 0) is 44.0 Å². The minimum absolute atomic E-state index is 0.0843. The maximum absolute atomic E-state index is 12.9. The Hall–Kier alpha value is -2.78. The number of benzene rings is 1. The predicted octanol–water partition coefficient (Wildman–Crippen LogP) is 0.976. The molecule has 9 heteroatoms. The second-order valence-corrected chi connectivity index (χ2v) is 8.83.